The molecule has 7 heteroatoms. The van der Waals surface area contributed by atoms with Crippen molar-refractivity contribution in [2.45, 2.75) is 44.4 Å². The lowest BCUT2D eigenvalue weighted by molar-refractivity contribution is -0.140. The molecule has 0 amide bonds. The van der Waals surface area contributed by atoms with Crippen LogP contribution in [0.3, 0.4) is 0 Å². The highest BCUT2D eigenvalue weighted by Crippen LogP contribution is 2.10. The lowest BCUT2D eigenvalue weighted by Gasteiger charge is -2.05. The number of aryl methyl sites for hydroxylation is 1. The van der Waals surface area contributed by atoms with Crippen LogP contribution in [-0.2, 0) is 19.6 Å². The lowest BCUT2D eigenvalue weighted by atomic mass is 10.1. The van der Waals surface area contributed by atoms with Gasteiger partial charge in [0.1, 0.15) is 0 Å². The minimum absolute atomic E-state index is 0.181. The first-order valence-electron chi connectivity index (χ1n) is 7.03. The Morgan fingerprint density at radius 3 is 2.36 bits per heavy atom. The van der Waals surface area contributed by atoms with Crippen molar-refractivity contribution in [3.8, 4) is 0 Å². The van der Waals surface area contributed by atoms with E-state index in [4.69, 9.17) is 0 Å². The average Bonchev–Trinajstić information content (AvgIpc) is 2.49. The molecule has 1 aromatic carbocycles. The molecule has 1 N–H and O–H groups in total. The summed E-state index contributed by atoms with van der Waals surface area (Å²) in [5, 5.41) is 3.89. The number of hydrazone groups is 1. The third-order valence-electron chi connectivity index (χ3n) is 3.09. The molecular weight excluding hydrogens is 304 g/mol. The van der Waals surface area contributed by atoms with E-state index >= 15 is 0 Å². The Morgan fingerprint density at radius 1 is 1.18 bits per heavy atom. The van der Waals surface area contributed by atoms with Gasteiger partial charge in [-0.05, 0) is 45.2 Å². The summed E-state index contributed by atoms with van der Waals surface area (Å²) in [6.45, 7) is 3.64. The number of benzene rings is 1. The van der Waals surface area contributed by atoms with E-state index in [0.717, 1.165) is 12.0 Å². The molecule has 22 heavy (non-hydrogen) atoms. The van der Waals surface area contributed by atoms with Gasteiger partial charge in [-0.3, -0.25) is 4.79 Å². The van der Waals surface area contributed by atoms with Crippen LogP contribution in [0.2, 0.25) is 0 Å². The van der Waals surface area contributed by atoms with Crippen molar-refractivity contribution in [2.75, 3.05) is 7.11 Å². The first-order chi connectivity index (χ1) is 10.3. The second-order valence-corrected chi connectivity index (χ2v) is 6.70. The van der Waals surface area contributed by atoms with Gasteiger partial charge in [0.05, 0.1) is 12.0 Å². The summed E-state index contributed by atoms with van der Waals surface area (Å²) in [5.74, 6) is -0.241. The van der Waals surface area contributed by atoms with Crippen molar-refractivity contribution >= 4 is 21.7 Å². The number of sulfonamides is 1. The van der Waals surface area contributed by atoms with E-state index in [2.05, 4.69) is 14.7 Å². The molecule has 0 spiro atoms. The largest absolute Gasteiger partial charge is 0.469 e. The predicted octanol–water partition coefficient (Wildman–Crippen LogP) is 2.38. The zero-order chi connectivity index (χ0) is 16.6. The number of nitrogens with zero attached hydrogens (tertiary/aromatic N) is 1. The molecule has 1 rings (SSSR count). The van der Waals surface area contributed by atoms with Gasteiger partial charge in [0, 0.05) is 12.1 Å². The number of unbranched alkanes of at least 4 members (excludes halogenated alkanes) is 1. The summed E-state index contributed by atoms with van der Waals surface area (Å²) < 4.78 is 28.6. The van der Waals surface area contributed by atoms with Crippen LogP contribution in [-0.4, -0.2) is 27.2 Å². The summed E-state index contributed by atoms with van der Waals surface area (Å²) >= 11 is 0. The molecular formula is C15H22N2O4S. The molecule has 0 aliphatic carbocycles. The van der Waals surface area contributed by atoms with Gasteiger partial charge in [0.2, 0.25) is 0 Å². The fourth-order valence-corrected chi connectivity index (χ4v) is 2.59. The summed E-state index contributed by atoms with van der Waals surface area (Å²) in [5.41, 5.74) is 1.66. The SMILES string of the molecule is COC(=O)CCCC/C(C)=N/NS(=O)(=O)c1ccc(C)cc1. The fraction of sp³-hybridized carbons (Fsp3) is 0.467. The van der Waals surface area contributed by atoms with E-state index in [1.807, 2.05) is 6.92 Å². The van der Waals surface area contributed by atoms with Crippen LogP contribution >= 0.6 is 0 Å². The van der Waals surface area contributed by atoms with Gasteiger partial charge in [0.25, 0.3) is 10.0 Å². The number of nitrogens with one attached hydrogen (secondary N) is 1. The molecule has 0 fully saturated rings. The van der Waals surface area contributed by atoms with Gasteiger partial charge in [-0.2, -0.15) is 13.5 Å². The molecule has 0 aliphatic heterocycles. The lowest BCUT2D eigenvalue weighted by Crippen LogP contribution is -2.19. The highest BCUT2D eigenvalue weighted by molar-refractivity contribution is 7.89. The maximum atomic E-state index is 12.0. The number of esters is 1. The maximum absolute atomic E-state index is 12.0. The third kappa shape index (κ3) is 6.26. The van der Waals surface area contributed by atoms with E-state index in [9.17, 15) is 13.2 Å². The van der Waals surface area contributed by atoms with Crippen LogP contribution in [0.5, 0.6) is 0 Å². The average molecular weight is 326 g/mol. The van der Waals surface area contributed by atoms with E-state index in [1.165, 1.54) is 7.11 Å². The molecule has 0 bridgehead atoms. The molecule has 6 nitrogen and oxygen atoms in total. The molecule has 0 saturated carbocycles. The molecule has 0 atom stereocenters. The topological polar surface area (TPSA) is 84.8 Å². The van der Waals surface area contributed by atoms with Crippen LogP contribution < -0.4 is 4.83 Å². The monoisotopic (exact) mass is 326 g/mol. The van der Waals surface area contributed by atoms with Gasteiger partial charge in [-0.15, -0.1) is 0 Å². The normalized spacial score (nSPS) is 12.0. The number of methoxy groups -OCH3 is 1. The molecule has 122 valence electrons. The molecule has 0 heterocycles. The minimum Gasteiger partial charge on any atom is -0.469 e. The van der Waals surface area contributed by atoms with Crippen LogP contribution in [0, 0.1) is 6.92 Å². The highest BCUT2D eigenvalue weighted by Gasteiger charge is 2.12. The predicted molar refractivity (Wildman–Crippen MR) is 85.1 cm³/mol. The number of carbonyl (C=O) groups is 1. The second kappa shape index (κ2) is 8.53. The van der Waals surface area contributed by atoms with Crippen LogP contribution in [0.4, 0.5) is 0 Å². The van der Waals surface area contributed by atoms with Gasteiger partial charge in [0.15, 0.2) is 0 Å². The quantitative estimate of drug-likeness (QED) is 0.344. The second-order valence-electron chi connectivity index (χ2n) is 5.04. The van der Waals surface area contributed by atoms with Crippen molar-refractivity contribution in [3.63, 3.8) is 0 Å². The molecule has 0 unspecified atom stereocenters. The maximum Gasteiger partial charge on any atom is 0.305 e. The Morgan fingerprint density at radius 2 is 1.77 bits per heavy atom. The number of rotatable bonds is 8. The molecule has 0 aromatic heterocycles. The van der Waals surface area contributed by atoms with Gasteiger partial charge in [-0.25, -0.2) is 4.83 Å². The van der Waals surface area contributed by atoms with E-state index < -0.39 is 10.0 Å². The van der Waals surface area contributed by atoms with Gasteiger partial charge in [-0.1, -0.05) is 17.7 Å². The molecule has 0 aliphatic rings. The van der Waals surface area contributed by atoms with Crippen LogP contribution in [0.1, 0.15) is 38.2 Å². The molecule has 1 aromatic rings. The van der Waals surface area contributed by atoms with E-state index in [-0.39, 0.29) is 10.9 Å². The summed E-state index contributed by atoms with van der Waals surface area (Å²) in [6, 6.07) is 6.55. The first kappa shape index (κ1) is 18.2. The Bertz CT molecular complexity index is 621. The number of carbonyl (C=O) groups excluding carboxylic acids is 1. The van der Waals surface area contributed by atoms with Crippen LogP contribution in [0.25, 0.3) is 0 Å². The van der Waals surface area contributed by atoms with Gasteiger partial charge >= 0.3 is 5.97 Å². The number of ether oxygens (including phenoxy) is 1. The van der Waals surface area contributed by atoms with Crippen molar-refractivity contribution in [1.29, 1.82) is 0 Å². The van der Waals surface area contributed by atoms with Crippen molar-refractivity contribution in [3.05, 3.63) is 29.8 Å². The zero-order valence-corrected chi connectivity index (χ0v) is 13.9. The van der Waals surface area contributed by atoms with Crippen LogP contribution in [0.15, 0.2) is 34.3 Å². The smallest absolute Gasteiger partial charge is 0.305 e. The summed E-state index contributed by atoms with van der Waals surface area (Å²) in [7, 11) is -2.28. The Hall–Kier alpha value is -1.89. The van der Waals surface area contributed by atoms with E-state index in [1.54, 1.807) is 31.2 Å². The fourth-order valence-electron chi connectivity index (χ4n) is 1.72. The highest BCUT2D eigenvalue weighted by atomic mass is 32.2. The summed E-state index contributed by atoms with van der Waals surface area (Å²) in [6.07, 6.45) is 2.41. The van der Waals surface area contributed by atoms with Crippen molar-refractivity contribution in [1.82, 2.24) is 4.83 Å². The standard InChI is InChI=1S/C15H22N2O4S/c1-12-8-10-14(11-9-12)22(19,20)17-16-13(2)6-4-5-7-15(18)21-3/h8-11,17H,4-7H2,1-3H3/b16-13+. The van der Waals surface area contributed by atoms with Crippen molar-refractivity contribution in [2.24, 2.45) is 5.10 Å². The van der Waals surface area contributed by atoms with E-state index in [0.29, 0.717) is 25.0 Å². The third-order valence-corrected chi connectivity index (χ3v) is 4.31. The number of hydrogen-bond acceptors (Lipinski definition) is 5. The summed E-state index contributed by atoms with van der Waals surface area (Å²) in [4.78, 5) is 13.4. The zero-order valence-electron chi connectivity index (χ0n) is 13.1. The Labute approximate surface area is 131 Å². The number of hydrogen-bond donors (Lipinski definition) is 1. The first-order valence-corrected chi connectivity index (χ1v) is 8.52. The van der Waals surface area contributed by atoms with Crippen molar-refractivity contribution < 1.29 is 17.9 Å². The Balaban J connectivity index is 2.48. The minimum atomic E-state index is -3.63. The Kier molecular flexibility index (Phi) is 7.04. The van der Waals surface area contributed by atoms with Gasteiger partial charge < -0.3 is 4.74 Å². The molecule has 0 radical (unpaired) electrons. The molecule has 0 saturated heterocycles.